The molecule has 8 heteroatoms. The lowest BCUT2D eigenvalue weighted by molar-refractivity contribution is 0.118. The number of benzene rings is 2. The largest absolute Gasteiger partial charge is 0.493 e. The number of sulfonamides is 1. The van der Waals surface area contributed by atoms with E-state index < -0.39 is 10.0 Å². The lowest BCUT2D eigenvalue weighted by Gasteiger charge is -2.28. The number of amides is 1. The Morgan fingerprint density at radius 1 is 1.14 bits per heavy atom. The molecule has 1 heterocycles. The standard InChI is InChI=1S/C21H26N2O5S/c1-15(2)14-28-19-6-8-20(9-7-19)29(25,26)22-18-5-4-16-10-11-23(21(24)27-3)13-17(16)12-18/h4-9,12,15,22H,10-11,13-14H2,1-3H3. The van der Waals surface area contributed by atoms with E-state index >= 15 is 0 Å². The van der Waals surface area contributed by atoms with Gasteiger partial charge in [0.15, 0.2) is 0 Å². The van der Waals surface area contributed by atoms with Crippen molar-refractivity contribution in [2.45, 2.75) is 31.7 Å². The van der Waals surface area contributed by atoms with Crippen LogP contribution in [0.25, 0.3) is 0 Å². The van der Waals surface area contributed by atoms with E-state index in [1.165, 1.54) is 19.2 Å². The summed E-state index contributed by atoms with van der Waals surface area (Å²) in [5, 5.41) is 0. The normalized spacial score (nSPS) is 13.7. The number of hydrogen-bond donors (Lipinski definition) is 1. The minimum Gasteiger partial charge on any atom is -0.493 e. The summed E-state index contributed by atoms with van der Waals surface area (Å²) in [6.45, 7) is 5.63. The number of nitrogens with zero attached hydrogens (tertiary/aromatic N) is 1. The van der Waals surface area contributed by atoms with Gasteiger partial charge in [0.2, 0.25) is 0 Å². The molecule has 0 bridgehead atoms. The number of methoxy groups -OCH3 is 1. The Balaban J connectivity index is 1.73. The van der Waals surface area contributed by atoms with E-state index in [1.807, 2.05) is 19.9 Å². The number of carbonyl (C=O) groups excluding carboxylic acids is 1. The number of fused-ring (bicyclic) bond motifs is 1. The smallest absolute Gasteiger partial charge is 0.409 e. The molecule has 0 radical (unpaired) electrons. The van der Waals surface area contributed by atoms with Crippen LogP contribution in [0.2, 0.25) is 0 Å². The molecule has 1 amide bonds. The van der Waals surface area contributed by atoms with Crippen LogP contribution in [-0.4, -0.2) is 39.7 Å². The molecule has 0 fully saturated rings. The van der Waals surface area contributed by atoms with Crippen molar-refractivity contribution >= 4 is 21.8 Å². The zero-order valence-electron chi connectivity index (χ0n) is 16.8. The number of nitrogens with one attached hydrogen (secondary N) is 1. The van der Waals surface area contributed by atoms with E-state index in [0.29, 0.717) is 43.5 Å². The molecule has 0 saturated heterocycles. The average molecular weight is 419 g/mol. The number of anilines is 1. The molecule has 0 atom stereocenters. The first kappa shape index (κ1) is 21.0. The molecule has 3 rings (SSSR count). The van der Waals surface area contributed by atoms with Gasteiger partial charge in [-0.15, -0.1) is 0 Å². The molecule has 0 aliphatic carbocycles. The highest BCUT2D eigenvalue weighted by Gasteiger charge is 2.22. The van der Waals surface area contributed by atoms with Gasteiger partial charge in [0.05, 0.1) is 18.6 Å². The Hall–Kier alpha value is -2.74. The molecule has 2 aromatic rings. The fourth-order valence-corrected chi connectivity index (χ4v) is 4.15. The number of ether oxygens (including phenoxy) is 2. The topological polar surface area (TPSA) is 84.9 Å². The highest BCUT2D eigenvalue weighted by molar-refractivity contribution is 7.92. The van der Waals surface area contributed by atoms with E-state index in [0.717, 1.165) is 11.1 Å². The van der Waals surface area contributed by atoms with Crippen molar-refractivity contribution in [1.29, 1.82) is 0 Å². The molecular weight excluding hydrogens is 392 g/mol. The summed E-state index contributed by atoms with van der Waals surface area (Å²) in [5.41, 5.74) is 2.45. The van der Waals surface area contributed by atoms with Crippen LogP contribution < -0.4 is 9.46 Å². The van der Waals surface area contributed by atoms with Crippen LogP contribution in [0.4, 0.5) is 10.5 Å². The van der Waals surface area contributed by atoms with Crippen molar-refractivity contribution in [3.63, 3.8) is 0 Å². The van der Waals surface area contributed by atoms with Crippen LogP contribution in [0.15, 0.2) is 47.4 Å². The minimum absolute atomic E-state index is 0.156. The van der Waals surface area contributed by atoms with E-state index in [-0.39, 0.29) is 11.0 Å². The summed E-state index contributed by atoms with van der Waals surface area (Å²) in [6, 6.07) is 11.7. The second kappa shape index (κ2) is 8.73. The van der Waals surface area contributed by atoms with E-state index in [1.54, 1.807) is 29.2 Å². The van der Waals surface area contributed by atoms with Crippen LogP contribution in [0.1, 0.15) is 25.0 Å². The van der Waals surface area contributed by atoms with Crippen LogP contribution in [0.3, 0.4) is 0 Å². The van der Waals surface area contributed by atoms with Gasteiger partial charge in [-0.2, -0.15) is 0 Å². The van der Waals surface area contributed by atoms with Gasteiger partial charge in [-0.05, 0) is 59.9 Å². The minimum atomic E-state index is -3.73. The summed E-state index contributed by atoms with van der Waals surface area (Å²) < 4.78 is 38.4. The fourth-order valence-electron chi connectivity index (χ4n) is 3.10. The van der Waals surface area contributed by atoms with Crippen molar-refractivity contribution in [1.82, 2.24) is 4.90 Å². The lowest BCUT2D eigenvalue weighted by atomic mass is 9.99. The maximum atomic E-state index is 12.7. The van der Waals surface area contributed by atoms with Crippen LogP contribution in [-0.2, 0) is 27.7 Å². The first-order valence-corrected chi connectivity index (χ1v) is 11.0. The van der Waals surface area contributed by atoms with E-state index in [4.69, 9.17) is 9.47 Å². The summed E-state index contributed by atoms with van der Waals surface area (Å²) >= 11 is 0. The predicted molar refractivity (Wildman–Crippen MR) is 111 cm³/mol. The maximum absolute atomic E-state index is 12.7. The first-order valence-electron chi connectivity index (χ1n) is 9.49. The fraction of sp³-hybridized carbons (Fsp3) is 0.381. The molecule has 0 saturated carbocycles. The monoisotopic (exact) mass is 418 g/mol. The average Bonchev–Trinajstić information content (AvgIpc) is 2.71. The van der Waals surface area contributed by atoms with Gasteiger partial charge < -0.3 is 14.4 Å². The molecule has 156 valence electrons. The third-order valence-electron chi connectivity index (χ3n) is 4.62. The van der Waals surface area contributed by atoms with Crippen molar-refractivity contribution in [2.75, 3.05) is 25.0 Å². The Morgan fingerprint density at radius 3 is 2.52 bits per heavy atom. The molecule has 0 unspecified atom stereocenters. The highest BCUT2D eigenvalue weighted by atomic mass is 32.2. The van der Waals surface area contributed by atoms with Crippen molar-refractivity contribution < 1.29 is 22.7 Å². The summed E-state index contributed by atoms with van der Waals surface area (Å²) in [4.78, 5) is 13.5. The maximum Gasteiger partial charge on any atom is 0.409 e. The third kappa shape index (κ3) is 5.20. The zero-order valence-corrected chi connectivity index (χ0v) is 17.7. The lowest BCUT2D eigenvalue weighted by Crippen LogP contribution is -2.35. The SMILES string of the molecule is COC(=O)N1CCc2ccc(NS(=O)(=O)c3ccc(OCC(C)C)cc3)cc2C1. The molecule has 29 heavy (non-hydrogen) atoms. The van der Waals surface area contributed by atoms with Gasteiger partial charge in [0, 0.05) is 18.8 Å². The summed E-state index contributed by atoms with van der Waals surface area (Å²) in [5.74, 6) is 1.02. The summed E-state index contributed by atoms with van der Waals surface area (Å²) in [7, 11) is -2.38. The molecule has 1 aliphatic rings. The molecular formula is C21H26N2O5S. The first-order chi connectivity index (χ1) is 13.8. The van der Waals surface area contributed by atoms with Gasteiger partial charge in [0.25, 0.3) is 10.0 Å². The van der Waals surface area contributed by atoms with Crippen molar-refractivity contribution in [2.24, 2.45) is 5.92 Å². The molecule has 1 N–H and O–H groups in total. The van der Waals surface area contributed by atoms with Gasteiger partial charge >= 0.3 is 6.09 Å². The molecule has 7 nitrogen and oxygen atoms in total. The predicted octanol–water partition coefficient (Wildman–Crippen LogP) is 3.65. The highest BCUT2D eigenvalue weighted by Crippen LogP contribution is 2.25. The van der Waals surface area contributed by atoms with Gasteiger partial charge in [0.1, 0.15) is 5.75 Å². The zero-order chi connectivity index (χ0) is 21.0. The molecule has 2 aromatic carbocycles. The quantitative estimate of drug-likeness (QED) is 0.774. The van der Waals surface area contributed by atoms with E-state index in [9.17, 15) is 13.2 Å². The number of carbonyl (C=O) groups is 1. The number of rotatable bonds is 6. The molecule has 1 aliphatic heterocycles. The van der Waals surface area contributed by atoms with Crippen LogP contribution in [0, 0.1) is 5.92 Å². The molecule has 0 aromatic heterocycles. The summed E-state index contributed by atoms with van der Waals surface area (Å²) in [6.07, 6.45) is 0.316. The molecule has 0 spiro atoms. The Morgan fingerprint density at radius 2 is 1.86 bits per heavy atom. The van der Waals surface area contributed by atoms with Crippen LogP contribution >= 0.6 is 0 Å². The van der Waals surface area contributed by atoms with E-state index in [2.05, 4.69) is 4.72 Å². The second-order valence-electron chi connectivity index (χ2n) is 7.41. The Kier molecular flexibility index (Phi) is 6.32. The Bertz CT molecular complexity index is 971. The Labute approximate surface area is 171 Å². The number of hydrogen-bond acceptors (Lipinski definition) is 5. The van der Waals surface area contributed by atoms with Gasteiger partial charge in [-0.3, -0.25) is 4.72 Å². The van der Waals surface area contributed by atoms with Crippen molar-refractivity contribution in [3.05, 3.63) is 53.6 Å². The van der Waals surface area contributed by atoms with Crippen molar-refractivity contribution in [3.8, 4) is 5.75 Å². The second-order valence-corrected chi connectivity index (χ2v) is 9.09. The van der Waals surface area contributed by atoms with Crippen LogP contribution in [0.5, 0.6) is 5.75 Å². The van der Waals surface area contributed by atoms with Gasteiger partial charge in [-0.1, -0.05) is 19.9 Å². The third-order valence-corrected chi connectivity index (χ3v) is 6.02. The van der Waals surface area contributed by atoms with Gasteiger partial charge in [-0.25, -0.2) is 13.2 Å².